The minimum absolute atomic E-state index is 0.125. The molecule has 1 heterocycles. The molecule has 0 fully saturated rings. The number of hydrogen-bond acceptors (Lipinski definition) is 3. The summed E-state index contributed by atoms with van der Waals surface area (Å²) in [4.78, 5) is 17.5. The zero-order valence-electron chi connectivity index (χ0n) is 16.3. The van der Waals surface area contributed by atoms with E-state index in [2.05, 4.69) is 54.5 Å². The molecule has 0 saturated carbocycles. The molecule has 25 heavy (non-hydrogen) atoms. The normalized spacial score (nSPS) is 11.6. The first-order chi connectivity index (χ1) is 11.8. The Morgan fingerprint density at radius 3 is 2.56 bits per heavy atom. The molecule has 1 aromatic carbocycles. The second-order valence-electron chi connectivity index (χ2n) is 7.25. The monoisotopic (exact) mass is 341 g/mol. The van der Waals surface area contributed by atoms with Crippen molar-refractivity contribution in [3.05, 3.63) is 57.9 Å². The van der Waals surface area contributed by atoms with Crippen LogP contribution in [0.15, 0.2) is 41.2 Å². The van der Waals surface area contributed by atoms with Gasteiger partial charge in [-0.05, 0) is 57.6 Å². The molecule has 4 heteroatoms. The van der Waals surface area contributed by atoms with Gasteiger partial charge in [0, 0.05) is 31.7 Å². The van der Waals surface area contributed by atoms with E-state index >= 15 is 0 Å². The number of likely N-dealkylation sites (N-methyl/N-ethyl adjacent to an activating group) is 2. The summed E-state index contributed by atoms with van der Waals surface area (Å²) in [6.07, 6.45) is 0. The van der Waals surface area contributed by atoms with Crippen molar-refractivity contribution in [2.45, 2.75) is 33.9 Å². The first-order valence-corrected chi connectivity index (χ1v) is 8.96. The molecule has 2 rings (SSSR count). The number of aryl methyl sites for hydroxylation is 1. The highest BCUT2D eigenvalue weighted by Crippen LogP contribution is 2.17. The van der Waals surface area contributed by atoms with Gasteiger partial charge in [-0.15, -0.1) is 0 Å². The van der Waals surface area contributed by atoms with Crippen LogP contribution in [0.2, 0.25) is 0 Å². The molecule has 0 bridgehead atoms. The Balaban J connectivity index is 2.50. The van der Waals surface area contributed by atoms with Gasteiger partial charge in [-0.25, -0.2) is 0 Å². The molecule has 0 N–H and O–H groups in total. The van der Waals surface area contributed by atoms with E-state index in [1.54, 1.807) is 0 Å². The van der Waals surface area contributed by atoms with E-state index in [1.165, 1.54) is 5.56 Å². The third-order valence-corrected chi connectivity index (χ3v) is 4.43. The van der Waals surface area contributed by atoms with Gasteiger partial charge < -0.3 is 9.47 Å². The van der Waals surface area contributed by atoms with E-state index < -0.39 is 0 Å². The number of rotatable bonds is 8. The number of aromatic nitrogens is 1. The fraction of sp³-hybridized carbons (Fsp3) is 0.476. The first-order valence-electron chi connectivity index (χ1n) is 8.96. The zero-order valence-corrected chi connectivity index (χ0v) is 16.3. The maximum Gasteiger partial charge on any atom is 0.255 e. The lowest BCUT2D eigenvalue weighted by atomic mass is 10.1. The van der Waals surface area contributed by atoms with Crippen molar-refractivity contribution >= 4 is 10.9 Å². The highest BCUT2D eigenvalue weighted by atomic mass is 16.1. The predicted molar refractivity (Wildman–Crippen MR) is 107 cm³/mol. The van der Waals surface area contributed by atoms with Gasteiger partial charge in [0.25, 0.3) is 5.56 Å². The van der Waals surface area contributed by atoms with Gasteiger partial charge in [0.2, 0.25) is 0 Å². The Labute approximate surface area is 151 Å². The van der Waals surface area contributed by atoms with Crippen LogP contribution in [0.5, 0.6) is 0 Å². The average molecular weight is 341 g/mol. The lowest BCUT2D eigenvalue weighted by Gasteiger charge is -2.22. The summed E-state index contributed by atoms with van der Waals surface area (Å²) >= 11 is 0. The fourth-order valence-corrected chi connectivity index (χ4v) is 3.08. The summed E-state index contributed by atoms with van der Waals surface area (Å²) in [5.74, 6) is 0. The lowest BCUT2D eigenvalue weighted by molar-refractivity contribution is 0.302. The standard InChI is InChI=1S/C21H31N3O/c1-7-23(14-16(2)3)15-19-13-18-9-8-17(4)12-20(18)24(21(19)25)11-10-22(5)6/h8-9,12-13H,2,7,10-11,14-15H2,1,3-6H3. The van der Waals surface area contributed by atoms with Crippen LogP contribution in [0, 0.1) is 6.92 Å². The SMILES string of the molecule is C=C(C)CN(CC)Cc1cc2ccc(C)cc2n(CCN(C)C)c1=O. The number of hydrogen-bond donors (Lipinski definition) is 0. The second-order valence-corrected chi connectivity index (χ2v) is 7.25. The zero-order chi connectivity index (χ0) is 18.6. The molecule has 0 aliphatic carbocycles. The van der Waals surface area contributed by atoms with Crippen molar-refractivity contribution in [2.75, 3.05) is 33.7 Å². The van der Waals surface area contributed by atoms with Crippen LogP contribution in [0.4, 0.5) is 0 Å². The molecule has 1 aromatic heterocycles. The van der Waals surface area contributed by atoms with Gasteiger partial charge in [0.1, 0.15) is 0 Å². The van der Waals surface area contributed by atoms with Gasteiger partial charge in [-0.3, -0.25) is 9.69 Å². The second kappa shape index (κ2) is 8.45. The summed E-state index contributed by atoms with van der Waals surface area (Å²) < 4.78 is 1.94. The number of pyridine rings is 1. The summed E-state index contributed by atoms with van der Waals surface area (Å²) in [6.45, 7) is 14.1. The van der Waals surface area contributed by atoms with E-state index in [4.69, 9.17) is 0 Å². The average Bonchev–Trinajstić information content (AvgIpc) is 2.54. The highest BCUT2D eigenvalue weighted by Gasteiger charge is 2.13. The lowest BCUT2D eigenvalue weighted by Crippen LogP contribution is -2.33. The van der Waals surface area contributed by atoms with E-state index in [0.717, 1.165) is 41.7 Å². The Morgan fingerprint density at radius 2 is 1.96 bits per heavy atom. The largest absolute Gasteiger partial charge is 0.308 e. The number of benzene rings is 1. The van der Waals surface area contributed by atoms with Crippen molar-refractivity contribution in [3.63, 3.8) is 0 Å². The molecular formula is C21H31N3O. The Kier molecular flexibility index (Phi) is 6.57. The molecule has 0 aliphatic heterocycles. The van der Waals surface area contributed by atoms with E-state index in [9.17, 15) is 4.79 Å². The highest BCUT2D eigenvalue weighted by molar-refractivity contribution is 5.80. The predicted octanol–water partition coefficient (Wildman–Crippen LogP) is 3.27. The maximum absolute atomic E-state index is 13.1. The molecule has 0 unspecified atom stereocenters. The molecule has 0 radical (unpaired) electrons. The van der Waals surface area contributed by atoms with Crippen molar-refractivity contribution in [1.82, 2.24) is 14.4 Å². The summed E-state index contributed by atoms with van der Waals surface area (Å²) in [5, 5.41) is 1.13. The van der Waals surface area contributed by atoms with Gasteiger partial charge in [0.15, 0.2) is 0 Å². The van der Waals surface area contributed by atoms with Crippen molar-refractivity contribution in [1.29, 1.82) is 0 Å². The van der Waals surface area contributed by atoms with Crippen LogP contribution < -0.4 is 5.56 Å². The summed E-state index contributed by atoms with van der Waals surface area (Å²) in [5.41, 5.74) is 4.30. The van der Waals surface area contributed by atoms with Crippen LogP contribution in [-0.2, 0) is 13.1 Å². The molecule has 4 nitrogen and oxygen atoms in total. The van der Waals surface area contributed by atoms with Crippen molar-refractivity contribution in [2.24, 2.45) is 0 Å². The maximum atomic E-state index is 13.1. The molecule has 0 amide bonds. The van der Waals surface area contributed by atoms with Gasteiger partial charge >= 0.3 is 0 Å². The van der Waals surface area contributed by atoms with Gasteiger partial charge in [-0.2, -0.15) is 0 Å². The molecular weight excluding hydrogens is 310 g/mol. The minimum Gasteiger partial charge on any atom is -0.308 e. The Morgan fingerprint density at radius 1 is 1.24 bits per heavy atom. The molecule has 2 aromatic rings. The Hall–Kier alpha value is -1.91. The summed E-state index contributed by atoms with van der Waals surface area (Å²) in [7, 11) is 4.07. The number of nitrogens with zero attached hydrogens (tertiary/aromatic N) is 3. The first kappa shape index (κ1) is 19.4. The summed E-state index contributed by atoms with van der Waals surface area (Å²) in [6, 6.07) is 8.40. The van der Waals surface area contributed by atoms with Crippen LogP contribution in [0.25, 0.3) is 10.9 Å². The van der Waals surface area contributed by atoms with Crippen LogP contribution in [0.3, 0.4) is 0 Å². The Bertz CT molecular complexity index is 805. The number of fused-ring (bicyclic) bond motifs is 1. The van der Waals surface area contributed by atoms with Gasteiger partial charge in [-0.1, -0.05) is 31.2 Å². The van der Waals surface area contributed by atoms with Crippen molar-refractivity contribution in [3.8, 4) is 0 Å². The van der Waals surface area contributed by atoms with Crippen LogP contribution in [0.1, 0.15) is 25.0 Å². The van der Waals surface area contributed by atoms with Crippen molar-refractivity contribution < 1.29 is 0 Å². The molecule has 0 atom stereocenters. The van der Waals surface area contributed by atoms with E-state index in [0.29, 0.717) is 13.1 Å². The molecule has 0 saturated heterocycles. The molecule has 0 aliphatic rings. The van der Waals surface area contributed by atoms with E-state index in [-0.39, 0.29) is 5.56 Å². The molecule has 136 valence electrons. The third kappa shape index (κ3) is 5.03. The third-order valence-electron chi connectivity index (χ3n) is 4.43. The van der Waals surface area contributed by atoms with Crippen LogP contribution >= 0.6 is 0 Å². The van der Waals surface area contributed by atoms with Crippen LogP contribution in [-0.4, -0.2) is 48.1 Å². The fourth-order valence-electron chi connectivity index (χ4n) is 3.08. The van der Waals surface area contributed by atoms with E-state index in [1.807, 2.05) is 25.6 Å². The van der Waals surface area contributed by atoms with Gasteiger partial charge in [0.05, 0.1) is 5.52 Å². The molecule has 0 spiro atoms. The smallest absolute Gasteiger partial charge is 0.255 e. The quantitative estimate of drug-likeness (QED) is 0.690. The minimum atomic E-state index is 0.125. The topological polar surface area (TPSA) is 28.5 Å².